The van der Waals surface area contributed by atoms with Gasteiger partial charge in [0, 0.05) is 12.4 Å². The fraction of sp³-hybridized carbons (Fsp3) is 0. The highest BCUT2D eigenvalue weighted by atomic mass is 35.5. The van der Waals surface area contributed by atoms with Crippen molar-refractivity contribution < 1.29 is 0 Å². The van der Waals surface area contributed by atoms with Crippen LogP contribution in [0.4, 0.5) is 0 Å². The Hall–Kier alpha value is -0.720. The zero-order valence-corrected chi connectivity index (χ0v) is 8.60. The number of nitrogens with zero attached hydrogens (tertiary/aromatic N) is 4. The molecule has 13 heavy (non-hydrogen) atoms. The molecule has 0 radical (unpaired) electrons. The second-order valence-electron chi connectivity index (χ2n) is 2.01. The first-order chi connectivity index (χ1) is 6.36. The minimum Gasteiger partial charge on any atom is -0.260 e. The van der Waals surface area contributed by atoms with Crippen molar-refractivity contribution in [1.29, 1.82) is 0 Å². The van der Waals surface area contributed by atoms with Crippen LogP contribution in [0.2, 0.25) is 5.15 Å². The molecule has 0 fully saturated rings. The highest BCUT2D eigenvalue weighted by Gasteiger charge is 2.07. The average Bonchev–Trinajstić information content (AvgIpc) is 2.54. The normalized spacial score (nSPS) is 10.2. The molecular formula is C6H3ClN4S2. The Bertz CT molecular complexity index is 391. The van der Waals surface area contributed by atoms with Gasteiger partial charge in [-0.2, -0.15) is 8.75 Å². The summed E-state index contributed by atoms with van der Waals surface area (Å²) in [5, 5.41) is 1.85. The predicted octanol–water partition coefficient (Wildman–Crippen LogP) is 2.13. The monoisotopic (exact) mass is 230 g/mol. The molecule has 2 aromatic rings. The van der Waals surface area contributed by atoms with Gasteiger partial charge in [-0.3, -0.25) is 4.98 Å². The number of halogens is 1. The van der Waals surface area contributed by atoms with E-state index in [2.05, 4.69) is 18.7 Å². The van der Waals surface area contributed by atoms with Gasteiger partial charge in [0.1, 0.15) is 5.03 Å². The first kappa shape index (κ1) is 8.86. The van der Waals surface area contributed by atoms with E-state index < -0.39 is 0 Å². The highest BCUT2D eigenvalue weighted by Crippen LogP contribution is 2.29. The minimum atomic E-state index is 0.417. The van der Waals surface area contributed by atoms with Crippen molar-refractivity contribution in [2.45, 2.75) is 10.1 Å². The lowest BCUT2D eigenvalue weighted by molar-refractivity contribution is 1.05. The lowest BCUT2D eigenvalue weighted by Crippen LogP contribution is -1.80. The third-order valence-electron chi connectivity index (χ3n) is 1.16. The Balaban J connectivity index is 2.20. The van der Waals surface area contributed by atoms with Crippen LogP contribution in [-0.4, -0.2) is 18.7 Å². The Morgan fingerprint density at radius 3 is 2.85 bits per heavy atom. The molecule has 0 unspecified atom stereocenters. The van der Waals surface area contributed by atoms with Crippen molar-refractivity contribution in [2.75, 3.05) is 0 Å². The van der Waals surface area contributed by atoms with Crippen molar-refractivity contribution in [3.63, 3.8) is 0 Å². The summed E-state index contributed by atoms with van der Waals surface area (Å²) in [4.78, 5) is 8.00. The smallest absolute Gasteiger partial charge is 0.177 e. The number of aromatic nitrogens is 4. The van der Waals surface area contributed by atoms with Crippen LogP contribution in [0, 0.1) is 0 Å². The Labute approximate surface area is 87.7 Å². The first-order valence-electron chi connectivity index (χ1n) is 3.28. The van der Waals surface area contributed by atoms with Crippen LogP contribution in [-0.2, 0) is 0 Å². The van der Waals surface area contributed by atoms with Gasteiger partial charge in [0.15, 0.2) is 10.2 Å². The second kappa shape index (κ2) is 3.99. The predicted molar refractivity (Wildman–Crippen MR) is 51.1 cm³/mol. The molecule has 0 aliphatic carbocycles. The van der Waals surface area contributed by atoms with Crippen molar-refractivity contribution in [3.8, 4) is 0 Å². The number of hydrogen-bond donors (Lipinski definition) is 0. The van der Waals surface area contributed by atoms with Gasteiger partial charge in [-0.25, -0.2) is 4.98 Å². The first-order valence-corrected chi connectivity index (χ1v) is 5.20. The van der Waals surface area contributed by atoms with Crippen molar-refractivity contribution in [2.24, 2.45) is 0 Å². The Kier molecular flexibility index (Phi) is 2.72. The van der Waals surface area contributed by atoms with E-state index in [-0.39, 0.29) is 0 Å². The van der Waals surface area contributed by atoms with Crippen LogP contribution < -0.4 is 0 Å². The lowest BCUT2D eigenvalue weighted by Gasteiger charge is -1.93. The van der Waals surface area contributed by atoms with E-state index >= 15 is 0 Å². The molecule has 0 spiro atoms. The summed E-state index contributed by atoms with van der Waals surface area (Å²) < 4.78 is 7.84. The summed E-state index contributed by atoms with van der Waals surface area (Å²) in [5.74, 6) is 0. The Morgan fingerprint density at radius 2 is 2.23 bits per heavy atom. The number of rotatable bonds is 2. The molecule has 0 aromatic carbocycles. The lowest BCUT2D eigenvalue weighted by atomic mass is 10.8. The van der Waals surface area contributed by atoms with E-state index in [0.29, 0.717) is 10.2 Å². The summed E-state index contributed by atoms with van der Waals surface area (Å²) in [6.45, 7) is 0. The summed E-state index contributed by atoms with van der Waals surface area (Å²) in [6.07, 6.45) is 4.89. The van der Waals surface area contributed by atoms with Gasteiger partial charge in [0.25, 0.3) is 0 Å². The largest absolute Gasteiger partial charge is 0.260 e. The molecule has 0 amide bonds. The van der Waals surface area contributed by atoms with E-state index in [0.717, 1.165) is 16.8 Å². The summed E-state index contributed by atoms with van der Waals surface area (Å²) >= 11 is 8.19. The molecule has 2 rings (SSSR count). The third kappa shape index (κ3) is 2.15. The maximum absolute atomic E-state index is 5.76. The van der Waals surface area contributed by atoms with E-state index in [4.69, 9.17) is 11.6 Å². The van der Waals surface area contributed by atoms with E-state index in [9.17, 15) is 0 Å². The average molecular weight is 231 g/mol. The third-order valence-corrected chi connectivity index (χ3v) is 3.18. The van der Waals surface area contributed by atoms with E-state index in [1.54, 1.807) is 18.6 Å². The molecule has 0 atom stereocenters. The van der Waals surface area contributed by atoms with Gasteiger partial charge in [0.2, 0.25) is 0 Å². The maximum Gasteiger partial charge on any atom is 0.177 e. The van der Waals surface area contributed by atoms with Crippen LogP contribution in [0.25, 0.3) is 0 Å². The molecule has 0 aliphatic rings. The van der Waals surface area contributed by atoms with Gasteiger partial charge >= 0.3 is 0 Å². The molecule has 0 saturated heterocycles. The van der Waals surface area contributed by atoms with Crippen molar-refractivity contribution in [1.82, 2.24) is 18.7 Å². The van der Waals surface area contributed by atoms with Crippen molar-refractivity contribution in [3.05, 3.63) is 23.7 Å². The molecule has 0 aliphatic heterocycles. The van der Waals surface area contributed by atoms with Crippen LogP contribution in [0.15, 0.2) is 28.6 Å². The topological polar surface area (TPSA) is 51.6 Å². The Morgan fingerprint density at radius 1 is 1.31 bits per heavy atom. The standard InChI is InChI=1S/C6H3ClN4S2/c7-5-6(11-13-10-5)12-4-3-8-1-2-9-4/h1-3H. The number of hydrogen-bond acceptors (Lipinski definition) is 6. The molecule has 4 nitrogen and oxygen atoms in total. The second-order valence-corrected chi connectivity index (χ2v) is 3.90. The molecule has 0 saturated carbocycles. The van der Waals surface area contributed by atoms with Gasteiger partial charge < -0.3 is 0 Å². The van der Waals surface area contributed by atoms with Gasteiger partial charge in [-0.1, -0.05) is 11.6 Å². The zero-order valence-electron chi connectivity index (χ0n) is 6.22. The molecule has 0 N–H and O–H groups in total. The van der Waals surface area contributed by atoms with Crippen molar-refractivity contribution >= 4 is 35.1 Å². The van der Waals surface area contributed by atoms with Crippen LogP contribution >= 0.6 is 35.1 Å². The molecular weight excluding hydrogens is 228 g/mol. The molecule has 7 heteroatoms. The van der Waals surface area contributed by atoms with Gasteiger partial charge in [-0.05, 0) is 11.8 Å². The quantitative estimate of drug-likeness (QED) is 0.791. The summed E-state index contributed by atoms with van der Waals surface area (Å²) in [6, 6.07) is 0. The minimum absolute atomic E-state index is 0.417. The van der Waals surface area contributed by atoms with Crippen LogP contribution in [0.3, 0.4) is 0 Å². The zero-order chi connectivity index (χ0) is 9.10. The van der Waals surface area contributed by atoms with Crippen LogP contribution in [0.5, 0.6) is 0 Å². The highest BCUT2D eigenvalue weighted by molar-refractivity contribution is 7.99. The summed E-state index contributed by atoms with van der Waals surface area (Å²) in [5.41, 5.74) is 0. The molecule has 66 valence electrons. The fourth-order valence-electron chi connectivity index (χ4n) is 0.668. The van der Waals surface area contributed by atoms with E-state index in [1.165, 1.54) is 11.8 Å². The fourth-order valence-corrected chi connectivity index (χ4v) is 2.19. The maximum atomic E-state index is 5.76. The van der Waals surface area contributed by atoms with Gasteiger partial charge in [0.05, 0.1) is 17.9 Å². The van der Waals surface area contributed by atoms with E-state index in [1.807, 2.05) is 0 Å². The van der Waals surface area contributed by atoms with Gasteiger partial charge in [-0.15, -0.1) is 0 Å². The molecule has 2 aromatic heterocycles. The molecule has 0 bridgehead atoms. The van der Waals surface area contributed by atoms with Crippen LogP contribution in [0.1, 0.15) is 0 Å². The molecule has 2 heterocycles. The summed E-state index contributed by atoms with van der Waals surface area (Å²) in [7, 11) is 0. The SMILES string of the molecule is Clc1nsnc1Sc1cnccn1.